The second kappa shape index (κ2) is 8.95. The molecule has 0 bridgehead atoms. The molecule has 1 saturated carbocycles. The van der Waals surface area contributed by atoms with E-state index in [9.17, 15) is 9.59 Å². The van der Waals surface area contributed by atoms with Crippen molar-refractivity contribution in [1.82, 2.24) is 20.1 Å². The molecule has 1 aliphatic carbocycles. The van der Waals surface area contributed by atoms with Gasteiger partial charge in [0, 0.05) is 43.4 Å². The lowest BCUT2D eigenvalue weighted by Crippen LogP contribution is -2.54. The highest BCUT2D eigenvalue weighted by atomic mass is 16.5. The van der Waals surface area contributed by atoms with Crippen molar-refractivity contribution in [2.24, 2.45) is 0 Å². The summed E-state index contributed by atoms with van der Waals surface area (Å²) in [6, 6.07) is 13.5. The first-order valence-electron chi connectivity index (χ1n) is 13.1. The average Bonchev–Trinajstić information content (AvgIpc) is 3.50. The molecule has 7 rings (SSSR count). The van der Waals surface area contributed by atoms with Crippen LogP contribution in [0.15, 0.2) is 48.7 Å². The van der Waals surface area contributed by atoms with Crippen LogP contribution in [0.2, 0.25) is 0 Å². The van der Waals surface area contributed by atoms with Gasteiger partial charge < -0.3 is 29.7 Å². The predicted molar refractivity (Wildman–Crippen MR) is 148 cm³/mol. The van der Waals surface area contributed by atoms with E-state index in [1.807, 2.05) is 36.4 Å². The minimum absolute atomic E-state index is 0.0283. The summed E-state index contributed by atoms with van der Waals surface area (Å²) in [5, 5.41) is 14.7. The summed E-state index contributed by atoms with van der Waals surface area (Å²) in [4.78, 5) is 32.0. The molecule has 11 heteroatoms. The molecule has 40 heavy (non-hydrogen) atoms. The van der Waals surface area contributed by atoms with Gasteiger partial charge in [0.05, 0.1) is 36.8 Å². The van der Waals surface area contributed by atoms with Crippen LogP contribution in [0.25, 0.3) is 10.9 Å². The van der Waals surface area contributed by atoms with Crippen molar-refractivity contribution in [3.05, 3.63) is 65.4 Å². The number of methoxy groups -OCH3 is 3. The zero-order valence-electron chi connectivity index (χ0n) is 22.3. The number of benzene rings is 2. The maximum atomic E-state index is 13.1. The molecule has 4 heterocycles. The molecule has 2 amide bonds. The topological polar surface area (TPSA) is 131 Å². The summed E-state index contributed by atoms with van der Waals surface area (Å²) in [7, 11) is 4.81. The number of ether oxygens (including phenoxy) is 3. The molecular formula is C29H28N6O5. The number of likely N-dealkylation sites (tertiary alicyclic amines) is 1. The van der Waals surface area contributed by atoms with Gasteiger partial charge in [-0.2, -0.15) is 5.10 Å². The van der Waals surface area contributed by atoms with Crippen LogP contribution in [0.3, 0.4) is 0 Å². The van der Waals surface area contributed by atoms with Crippen molar-refractivity contribution in [3.63, 3.8) is 0 Å². The monoisotopic (exact) mass is 540 g/mol. The van der Waals surface area contributed by atoms with Crippen LogP contribution in [0, 0.1) is 0 Å². The third-order valence-corrected chi connectivity index (χ3v) is 8.34. The largest absolute Gasteiger partial charge is 0.497 e. The van der Waals surface area contributed by atoms with Crippen molar-refractivity contribution in [2.75, 3.05) is 45.1 Å². The zero-order chi connectivity index (χ0) is 27.6. The Kier molecular flexibility index (Phi) is 5.46. The quantitative estimate of drug-likeness (QED) is 0.324. The summed E-state index contributed by atoms with van der Waals surface area (Å²) in [5.41, 5.74) is 3.61. The van der Waals surface area contributed by atoms with Gasteiger partial charge in [-0.05, 0) is 53.9 Å². The Morgan fingerprint density at radius 3 is 2.70 bits per heavy atom. The highest BCUT2D eigenvalue weighted by Gasteiger charge is 2.65. The Labute approximate surface area is 229 Å². The zero-order valence-corrected chi connectivity index (χ0v) is 22.3. The standard InChI is InChI=1S/C29H28N6O5/c1-38-17-5-7-22-20(10-17)29(28(37)31-22)11-21(29)15-4-6-19-23(8-15)33-34-25(19)32-26-24(40-3)9-16(12-30-26)27(36)35-13-18(14-35)39-2/h4-10,12,18,21H,11,13-14H2,1-3H3,(H,31,37)(H2,30,32,33,34)/t21-,29-/m0/s1. The minimum atomic E-state index is -0.574. The molecular weight excluding hydrogens is 512 g/mol. The maximum absolute atomic E-state index is 13.1. The summed E-state index contributed by atoms with van der Waals surface area (Å²) in [6.07, 6.45) is 2.35. The van der Waals surface area contributed by atoms with E-state index in [2.05, 4.69) is 25.8 Å². The van der Waals surface area contributed by atoms with Crippen LogP contribution in [0.5, 0.6) is 11.5 Å². The number of anilines is 3. The van der Waals surface area contributed by atoms with Crippen LogP contribution in [0.1, 0.15) is 33.8 Å². The van der Waals surface area contributed by atoms with Gasteiger partial charge in [0.2, 0.25) is 5.91 Å². The predicted octanol–water partition coefficient (Wildman–Crippen LogP) is 3.57. The number of aromatic amines is 1. The fourth-order valence-electron chi connectivity index (χ4n) is 5.91. The second-order valence-corrected chi connectivity index (χ2v) is 10.4. The van der Waals surface area contributed by atoms with E-state index >= 15 is 0 Å². The van der Waals surface area contributed by atoms with E-state index in [1.54, 1.807) is 25.2 Å². The number of hydrogen-bond acceptors (Lipinski definition) is 8. The van der Waals surface area contributed by atoms with Gasteiger partial charge in [0.25, 0.3) is 5.91 Å². The van der Waals surface area contributed by atoms with Gasteiger partial charge in [0.15, 0.2) is 17.4 Å². The Bertz CT molecular complexity index is 1680. The minimum Gasteiger partial charge on any atom is -0.497 e. The molecule has 3 aliphatic rings. The summed E-state index contributed by atoms with van der Waals surface area (Å²) >= 11 is 0. The molecule has 0 radical (unpaired) electrons. The highest BCUT2D eigenvalue weighted by Crippen LogP contribution is 2.65. The summed E-state index contributed by atoms with van der Waals surface area (Å²) in [6.45, 7) is 1.12. The number of hydrogen-bond donors (Lipinski definition) is 3. The van der Waals surface area contributed by atoms with Crippen molar-refractivity contribution in [1.29, 1.82) is 0 Å². The van der Waals surface area contributed by atoms with Crippen molar-refractivity contribution in [2.45, 2.75) is 23.9 Å². The van der Waals surface area contributed by atoms with Crippen LogP contribution >= 0.6 is 0 Å². The highest BCUT2D eigenvalue weighted by molar-refractivity contribution is 6.10. The van der Waals surface area contributed by atoms with E-state index in [-0.39, 0.29) is 23.8 Å². The van der Waals surface area contributed by atoms with Crippen LogP contribution in [-0.4, -0.2) is 72.4 Å². The number of pyridine rings is 1. The first kappa shape index (κ1) is 24.4. The summed E-state index contributed by atoms with van der Waals surface area (Å²) < 4.78 is 16.2. The summed E-state index contributed by atoms with van der Waals surface area (Å²) in [5.74, 6) is 2.17. The normalized spacial score (nSPS) is 21.2. The van der Waals surface area contributed by atoms with Gasteiger partial charge in [0.1, 0.15) is 5.75 Å². The van der Waals surface area contributed by atoms with Crippen molar-refractivity contribution >= 4 is 40.0 Å². The lowest BCUT2D eigenvalue weighted by molar-refractivity contribution is -0.118. The van der Waals surface area contributed by atoms with Gasteiger partial charge in [-0.1, -0.05) is 6.07 Å². The molecule has 1 spiro atoms. The van der Waals surface area contributed by atoms with Gasteiger partial charge in [-0.3, -0.25) is 14.7 Å². The smallest absolute Gasteiger partial charge is 0.255 e. The third kappa shape index (κ3) is 3.61. The molecule has 2 aliphatic heterocycles. The van der Waals surface area contributed by atoms with Crippen molar-refractivity contribution in [3.8, 4) is 11.5 Å². The Hall–Kier alpha value is -4.64. The number of H-pyrrole nitrogens is 1. The fraction of sp³-hybridized carbons (Fsp3) is 0.310. The molecule has 3 N–H and O–H groups in total. The number of nitrogens with zero attached hydrogens (tertiary/aromatic N) is 3. The van der Waals surface area contributed by atoms with Crippen molar-refractivity contribution < 1.29 is 23.8 Å². The average molecular weight is 541 g/mol. The number of aromatic nitrogens is 3. The number of fused-ring (bicyclic) bond motifs is 3. The van der Waals surface area contributed by atoms with Crippen LogP contribution in [0.4, 0.5) is 17.3 Å². The molecule has 2 aromatic heterocycles. The second-order valence-electron chi connectivity index (χ2n) is 10.4. The number of carbonyl (C=O) groups excluding carboxylic acids is 2. The number of amides is 2. The fourth-order valence-corrected chi connectivity index (χ4v) is 5.91. The number of nitrogens with one attached hydrogen (secondary N) is 3. The van der Waals surface area contributed by atoms with Crippen LogP contribution in [-0.2, 0) is 14.9 Å². The molecule has 2 fully saturated rings. The molecule has 11 nitrogen and oxygen atoms in total. The Morgan fingerprint density at radius 1 is 1.07 bits per heavy atom. The molecule has 204 valence electrons. The van der Waals surface area contributed by atoms with Gasteiger partial charge in [-0.15, -0.1) is 0 Å². The molecule has 2 atom stereocenters. The molecule has 2 aromatic carbocycles. The molecule has 1 saturated heterocycles. The molecule has 0 unspecified atom stereocenters. The van der Waals surface area contributed by atoms with E-state index in [0.29, 0.717) is 36.0 Å². The lowest BCUT2D eigenvalue weighted by atomic mass is 9.91. The SMILES string of the molecule is COc1ccc2c(c1)[C@]1(C[C@H]1c1ccc3c(Nc4ncc(C(=O)N5CC(OC)C5)cc4OC)n[nH]c3c1)C(=O)N2. The van der Waals surface area contributed by atoms with E-state index in [0.717, 1.165) is 39.9 Å². The lowest BCUT2D eigenvalue weighted by Gasteiger charge is -2.38. The Balaban J connectivity index is 1.12. The Morgan fingerprint density at radius 2 is 1.93 bits per heavy atom. The van der Waals surface area contributed by atoms with Gasteiger partial charge >= 0.3 is 0 Å². The number of carbonyl (C=O) groups is 2. The first-order valence-corrected chi connectivity index (χ1v) is 13.1. The van der Waals surface area contributed by atoms with E-state index < -0.39 is 5.41 Å². The molecule has 4 aromatic rings. The van der Waals surface area contributed by atoms with E-state index in [4.69, 9.17) is 14.2 Å². The van der Waals surface area contributed by atoms with Crippen LogP contribution < -0.4 is 20.1 Å². The maximum Gasteiger partial charge on any atom is 0.255 e. The third-order valence-electron chi connectivity index (χ3n) is 8.34. The first-order chi connectivity index (χ1) is 19.4. The van der Waals surface area contributed by atoms with E-state index in [1.165, 1.54) is 13.3 Å². The van der Waals surface area contributed by atoms with Gasteiger partial charge in [-0.25, -0.2) is 4.98 Å². The number of rotatable bonds is 7.